The first-order valence-electron chi connectivity index (χ1n) is 12.5. The van der Waals surface area contributed by atoms with Crippen molar-refractivity contribution in [1.29, 1.82) is 0 Å². The fourth-order valence-corrected chi connectivity index (χ4v) is 4.84. The van der Waals surface area contributed by atoms with Gasteiger partial charge in [-0.1, -0.05) is 34.8 Å². The van der Waals surface area contributed by atoms with Crippen molar-refractivity contribution in [1.82, 2.24) is 0 Å². The topological polar surface area (TPSA) is 142 Å². The Hall–Kier alpha value is -4.97. The number of hydrogen-bond donors (Lipinski definition) is 0. The molecule has 1 heterocycles. The molecule has 1 aliphatic rings. The van der Waals surface area contributed by atoms with Gasteiger partial charge in [0.1, 0.15) is 22.8 Å². The zero-order chi connectivity index (χ0) is 31.7. The molecule has 5 rings (SSSR count). The highest BCUT2D eigenvalue weighted by molar-refractivity contribution is 6.45. The first-order valence-corrected chi connectivity index (χ1v) is 13.6. The predicted octanol–water partition coefficient (Wildman–Crippen LogP) is 7.20. The zero-order valence-corrected chi connectivity index (χ0v) is 24.6. The molecule has 0 N–H and O–H groups in total. The lowest BCUT2D eigenvalue weighted by Gasteiger charge is -2.18. The molecule has 11 nitrogen and oxygen atoms in total. The molecule has 0 bridgehead atoms. The molecule has 0 unspecified atom stereocenters. The van der Waals surface area contributed by atoms with E-state index in [2.05, 4.69) is 0 Å². The van der Waals surface area contributed by atoms with Crippen molar-refractivity contribution in [2.75, 3.05) is 18.6 Å². The largest absolute Gasteiger partial charge is 0.496 e. The summed E-state index contributed by atoms with van der Waals surface area (Å²) in [6.45, 7) is -0.621. The van der Waals surface area contributed by atoms with Gasteiger partial charge in [-0.2, -0.15) is 0 Å². The Kier molecular flexibility index (Phi) is 8.54. The summed E-state index contributed by atoms with van der Waals surface area (Å²) in [5.41, 5.74) is 0.0111. The lowest BCUT2D eigenvalue weighted by atomic mass is 10.1. The van der Waals surface area contributed by atoms with Crippen molar-refractivity contribution < 1.29 is 38.3 Å². The lowest BCUT2D eigenvalue weighted by Crippen LogP contribution is -2.29. The highest BCUT2D eigenvalue weighted by Gasteiger charge is 2.39. The van der Waals surface area contributed by atoms with Crippen LogP contribution in [-0.2, 0) is 4.74 Å². The van der Waals surface area contributed by atoms with Gasteiger partial charge < -0.3 is 14.2 Å². The number of non-ortho nitro benzene ring substituents is 1. The summed E-state index contributed by atoms with van der Waals surface area (Å²) in [4.78, 5) is 62.8. The van der Waals surface area contributed by atoms with Gasteiger partial charge in [0, 0.05) is 23.8 Å². The van der Waals surface area contributed by atoms with Gasteiger partial charge in [-0.25, -0.2) is 9.69 Å². The second-order valence-electron chi connectivity index (χ2n) is 9.14. The van der Waals surface area contributed by atoms with Gasteiger partial charge in [-0.3, -0.25) is 24.5 Å². The van der Waals surface area contributed by atoms with E-state index in [1.54, 1.807) is 0 Å². The van der Waals surface area contributed by atoms with Gasteiger partial charge >= 0.3 is 5.97 Å². The number of fused-ring (bicyclic) bond motifs is 1. The molecule has 0 atom stereocenters. The van der Waals surface area contributed by atoms with Gasteiger partial charge in [-0.15, -0.1) is 0 Å². The van der Waals surface area contributed by atoms with E-state index in [4.69, 9.17) is 49.0 Å². The molecule has 0 fully saturated rings. The van der Waals surface area contributed by atoms with Gasteiger partial charge in [-0.05, 0) is 54.6 Å². The maximum Gasteiger partial charge on any atom is 0.342 e. The van der Waals surface area contributed by atoms with Crippen LogP contribution in [0.4, 0.5) is 11.4 Å². The Balaban J connectivity index is 1.26. The predicted molar refractivity (Wildman–Crippen MR) is 160 cm³/mol. The Morgan fingerprint density at radius 3 is 1.89 bits per heavy atom. The fourth-order valence-electron chi connectivity index (χ4n) is 4.27. The quantitative estimate of drug-likeness (QED) is 0.0601. The van der Waals surface area contributed by atoms with Crippen molar-refractivity contribution in [3.8, 4) is 17.2 Å². The summed E-state index contributed by atoms with van der Waals surface area (Å²) in [5, 5.41) is 10.8. The summed E-state index contributed by atoms with van der Waals surface area (Å²) in [6.07, 6.45) is 0. The molecule has 222 valence electrons. The van der Waals surface area contributed by atoms with Gasteiger partial charge in [0.15, 0.2) is 12.4 Å². The van der Waals surface area contributed by atoms with Crippen LogP contribution in [0, 0.1) is 10.1 Å². The number of hydrogen-bond acceptors (Lipinski definition) is 9. The molecule has 0 saturated carbocycles. The smallest absolute Gasteiger partial charge is 0.342 e. The van der Waals surface area contributed by atoms with E-state index >= 15 is 0 Å². The van der Waals surface area contributed by atoms with Crippen molar-refractivity contribution in [3.63, 3.8) is 0 Å². The highest BCUT2D eigenvalue weighted by Crippen LogP contribution is 2.39. The fraction of sp³-hybridized carbons (Fsp3) is 0.0667. The third-order valence-corrected chi connectivity index (χ3v) is 7.48. The SMILES string of the molecule is COc1cc(N2C(=O)c3cc(Cl)c(Cl)cc3C2=O)c(Cl)cc1C(=O)OCC(=O)c1ccc(Oc2ccc([N+](=O)[O-])cc2)cc1. The third kappa shape index (κ3) is 5.93. The van der Waals surface area contributed by atoms with Crippen LogP contribution in [0.5, 0.6) is 17.2 Å². The molecule has 2 amide bonds. The average Bonchev–Trinajstić information content (AvgIpc) is 3.24. The molecule has 0 aromatic heterocycles. The number of esters is 1. The molecule has 0 aliphatic carbocycles. The lowest BCUT2D eigenvalue weighted by molar-refractivity contribution is -0.384. The Morgan fingerprint density at radius 1 is 0.818 bits per heavy atom. The van der Waals surface area contributed by atoms with Crippen LogP contribution in [0.15, 0.2) is 72.8 Å². The van der Waals surface area contributed by atoms with Crippen LogP contribution in [0.3, 0.4) is 0 Å². The van der Waals surface area contributed by atoms with Crippen LogP contribution in [0.25, 0.3) is 0 Å². The van der Waals surface area contributed by atoms with Crippen molar-refractivity contribution in [2.24, 2.45) is 0 Å². The third-order valence-electron chi connectivity index (χ3n) is 6.45. The van der Waals surface area contributed by atoms with E-state index in [-0.39, 0.29) is 54.4 Å². The number of carbonyl (C=O) groups excluding carboxylic acids is 4. The number of Topliss-reactive ketones (excluding diaryl/α,β-unsaturated/α-hetero) is 1. The van der Waals surface area contributed by atoms with E-state index in [9.17, 15) is 29.3 Å². The van der Waals surface area contributed by atoms with E-state index in [0.29, 0.717) is 11.5 Å². The number of nitro groups is 1. The number of anilines is 1. The minimum Gasteiger partial charge on any atom is -0.496 e. The first-order chi connectivity index (χ1) is 21.0. The summed E-state index contributed by atoms with van der Waals surface area (Å²) < 4.78 is 16.1. The number of ether oxygens (including phenoxy) is 3. The molecule has 44 heavy (non-hydrogen) atoms. The van der Waals surface area contributed by atoms with E-state index in [1.807, 2.05) is 0 Å². The maximum atomic E-state index is 13.0. The van der Waals surface area contributed by atoms with Crippen LogP contribution in [0.1, 0.15) is 41.4 Å². The summed E-state index contributed by atoms with van der Waals surface area (Å²) in [5.74, 6) is -2.19. The Bertz CT molecular complexity index is 1820. The molecule has 0 spiro atoms. The number of imide groups is 1. The Labute approximate surface area is 263 Å². The number of nitro benzene ring substituents is 1. The molecule has 14 heteroatoms. The Morgan fingerprint density at radius 2 is 1.36 bits per heavy atom. The van der Waals surface area contributed by atoms with Crippen molar-refractivity contribution in [3.05, 3.63) is 120 Å². The van der Waals surface area contributed by atoms with Crippen LogP contribution >= 0.6 is 34.8 Å². The van der Waals surface area contributed by atoms with Crippen LogP contribution < -0.4 is 14.4 Å². The van der Waals surface area contributed by atoms with Gasteiger partial charge in [0.05, 0.1) is 43.9 Å². The highest BCUT2D eigenvalue weighted by atomic mass is 35.5. The minimum atomic E-state index is -0.942. The average molecular weight is 656 g/mol. The summed E-state index contributed by atoms with van der Waals surface area (Å²) in [6, 6.07) is 16.4. The van der Waals surface area contributed by atoms with E-state index in [1.165, 1.54) is 73.8 Å². The normalized spacial score (nSPS) is 12.1. The van der Waals surface area contributed by atoms with E-state index < -0.39 is 35.1 Å². The number of amides is 2. The summed E-state index contributed by atoms with van der Waals surface area (Å²) in [7, 11) is 1.26. The number of halogens is 3. The van der Waals surface area contributed by atoms with Crippen LogP contribution in [-0.4, -0.2) is 42.2 Å². The number of methoxy groups -OCH3 is 1. The first kappa shape index (κ1) is 30.5. The summed E-state index contributed by atoms with van der Waals surface area (Å²) >= 11 is 18.4. The van der Waals surface area contributed by atoms with Crippen LogP contribution in [0.2, 0.25) is 15.1 Å². The molecule has 1 aliphatic heterocycles. The number of benzene rings is 4. The maximum absolute atomic E-state index is 13.0. The second kappa shape index (κ2) is 12.3. The van der Waals surface area contributed by atoms with Gasteiger partial charge in [0.25, 0.3) is 17.5 Å². The second-order valence-corrected chi connectivity index (χ2v) is 10.4. The molecular weight excluding hydrogens is 639 g/mol. The standard InChI is InChI=1S/C30H17Cl3N2O9/c1-42-27-13-25(34-28(37)19-10-22(31)23(32)11-20(19)29(34)38)24(33)12-21(27)30(39)43-14-26(36)15-2-6-17(7-3-15)44-18-8-4-16(5-9-18)35(40)41/h2-13H,14H2,1H3. The number of carbonyl (C=O) groups is 4. The molecule has 0 radical (unpaired) electrons. The molecule has 4 aromatic rings. The molecular formula is C30H17Cl3N2O9. The molecule has 4 aromatic carbocycles. The number of nitrogens with zero attached hydrogens (tertiary/aromatic N) is 2. The van der Waals surface area contributed by atoms with Crippen molar-refractivity contribution in [2.45, 2.75) is 0 Å². The van der Waals surface area contributed by atoms with Gasteiger partial charge in [0.2, 0.25) is 0 Å². The van der Waals surface area contributed by atoms with E-state index in [0.717, 1.165) is 11.0 Å². The molecule has 0 saturated heterocycles. The number of rotatable bonds is 9. The zero-order valence-electron chi connectivity index (χ0n) is 22.3. The van der Waals surface area contributed by atoms with Crippen molar-refractivity contribution >= 4 is 69.7 Å². The minimum absolute atomic E-state index is 0.0346. The monoisotopic (exact) mass is 654 g/mol. The number of ketones is 1.